The summed E-state index contributed by atoms with van der Waals surface area (Å²) in [7, 11) is 0. The average Bonchev–Trinajstić information content (AvgIpc) is 3.39. The second kappa shape index (κ2) is 11.9. The summed E-state index contributed by atoms with van der Waals surface area (Å²) in [5.41, 5.74) is 3.88. The number of phenolic OH excluding ortho intramolecular Hbond substituents is 1. The zero-order valence-electron chi connectivity index (χ0n) is 26.3. The molecular formula is C35H33ClN6O4. The lowest BCUT2D eigenvalue weighted by atomic mass is 9.87. The van der Waals surface area contributed by atoms with Gasteiger partial charge in [0.1, 0.15) is 39.7 Å². The third-order valence-electron chi connectivity index (χ3n) is 7.15. The molecule has 2 heterocycles. The van der Waals surface area contributed by atoms with Crippen LogP contribution in [0, 0.1) is 0 Å². The van der Waals surface area contributed by atoms with Gasteiger partial charge < -0.3 is 19.3 Å². The smallest absolute Gasteiger partial charge is 0.331 e. The van der Waals surface area contributed by atoms with Crippen LogP contribution in [0.25, 0.3) is 16.7 Å². The fraction of sp³-hybridized carbons (Fsp3) is 0.229. The highest BCUT2D eigenvalue weighted by Gasteiger charge is 2.18. The molecule has 0 spiro atoms. The van der Waals surface area contributed by atoms with Crippen LogP contribution in [0.1, 0.15) is 52.7 Å². The Morgan fingerprint density at radius 2 is 1.02 bits per heavy atom. The molecule has 46 heavy (non-hydrogen) atoms. The molecule has 6 rings (SSSR count). The number of benzene rings is 4. The molecule has 0 fully saturated rings. The zero-order valence-corrected chi connectivity index (χ0v) is 27.1. The quantitative estimate of drug-likeness (QED) is 0.183. The molecule has 11 heteroatoms. The maximum absolute atomic E-state index is 10.9. The fourth-order valence-corrected chi connectivity index (χ4v) is 4.72. The molecule has 234 valence electrons. The van der Waals surface area contributed by atoms with E-state index < -0.39 is 0 Å². The van der Waals surface area contributed by atoms with Gasteiger partial charge in [-0.15, -0.1) is 29.9 Å². The molecule has 0 aliphatic heterocycles. The van der Waals surface area contributed by atoms with Crippen molar-refractivity contribution in [3.8, 4) is 46.7 Å². The molecule has 10 nitrogen and oxygen atoms in total. The minimum absolute atomic E-state index is 0.00791. The number of rotatable bonds is 7. The second-order valence-electron chi connectivity index (χ2n) is 12.8. The predicted molar refractivity (Wildman–Crippen MR) is 176 cm³/mol. The van der Waals surface area contributed by atoms with Crippen molar-refractivity contribution in [1.29, 1.82) is 0 Å². The van der Waals surface area contributed by atoms with E-state index in [9.17, 15) is 5.11 Å². The normalized spacial score (nSPS) is 11.9. The van der Waals surface area contributed by atoms with Crippen molar-refractivity contribution < 1.29 is 19.3 Å². The first kappa shape index (κ1) is 30.8. The molecule has 0 aliphatic rings. The third kappa shape index (κ3) is 7.02. The van der Waals surface area contributed by atoms with Crippen molar-refractivity contribution in [3.05, 3.63) is 101 Å². The van der Waals surface area contributed by atoms with E-state index in [4.69, 9.17) is 25.8 Å². The molecule has 0 saturated carbocycles. The molecule has 0 bridgehead atoms. The highest BCUT2D eigenvalue weighted by atomic mass is 35.5. The Morgan fingerprint density at radius 1 is 0.565 bits per heavy atom. The van der Waals surface area contributed by atoms with Gasteiger partial charge in [-0.05, 0) is 76.6 Å². The number of aromatic hydroxyl groups is 1. The van der Waals surface area contributed by atoms with E-state index in [-0.39, 0.29) is 40.4 Å². The number of halogens is 1. The van der Waals surface area contributed by atoms with E-state index in [1.54, 1.807) is 30.3 Å². The number of aromatic nitrogens is 6. The molecule has 0 unspecified atom stereocenters. The molecule has 6 aromatic rings. The largest absolute Gasteiger partial charge is 0.505 e. The number of hydrogen-bond acceptors (Lipinski definition) is 9. The maximum atomic E-state index is 10.9. The lowest BCUT2D eigenvalue weighted by Crippen LogP contribution is -2.10. The van der Waals surface area contributed by atoms with Crippen molar-refractivity contribution in [2.75, 3.05) is 0 Å². The van der Waals surface area contributed by atoms with Gasteiger partial charge in [0, 0.05) is 11.1 Å². The van der Waals surface area contributed by atoms with Gasteiger partial charge in [0.05, 0.1) is 0 Å². The summed E-state index contributed by atoms with van der Waals surface area (Å²) in [6.07, 6.45) is 0. The molecule has 1 N–H and O–H groups in total. The lowest BCUT2D eigenvalue weighted by Gasteiger charge is -2.19. The molecule has 0 atom stereocenters. The highest BCUT2D eigenvalue weighted by molar-refractivity contribution is 6.31. The first-order chi connectivity index (χ1) is 21.8. The fourth-order valence-electron chi connectivity index (χ4n) is 4.55. The van der Waals surface area contributed by atoms with Crippen molar-refractivity contribution >= 4 is 22.6 Å². The van der Waals surface area contributed by atoms with Crippen LogP contribution in [0.2, 0.25) is 5.02 Å². The van der Waals surface area contributed by atoms with Gasteiger partial charge in [0.25, 0.3) is 0 Å². The summed E-state index contributed by atoms with van der Waals surface area (Å²) in [6.45, 7) is 12.9. The molecule has 0 radical (unpaired) electrons. The number of ether oxygens (including phenoxy) is 3. The molecule has 0 saturated heterocycles. The van der Waals surface area contributed by atoms with E-state index in [2.05, 4.69) is 66.7 Å². The molecule has 2 aromatic heterocycles. The van der Waals surface area contributed by atoms with Crippen LogP contribution in [-0.2, 0) is 10.8 Å². The van der Waals surface area contributed by atoms with E-state index in [0.717, 1.165) is 11.1 Å². The maximum Gasteiger partial charge on any atom is 0.331 e. The summed E-state index contributed by atoms with van der Waals surface area (Å²) in [5, 5.41) is 20.2. The van der Waals surface area contributed by atoms with Crippen LogP contribution in [0.5, 0.6) is 41.0 Å². The number of phenols is 1. The van der Waals surface area contributed by atoms with Crippen molar-refractivity contribution in [1.82, 2.24) is 29.9 Å². The molecular weight excluding hydrogens is 604 g/mol. The number of fused-ring (bicyclic) bond motifs is 1. The Kier molecular flexibility index (Phi) is 7.99. The minimum atomic E-state index is -0.121. The molecule has 4 aromatic carbocycles. The van der Waals surface area contributed by atoms with E-state index in [1.807, 2.05) is 48.5 Å². The van der Waals surface area contributed by atoms with Gasteiger partial charge in [-0.3, -0.25) is 0 Å². The Hall–Kier alpha value is -5.22. The van der Waals surface area contributed by atoms with Crippen LogP contribution >= 0.6 is 11.6 Å². The van der Waals surface area contributed by atoms with Crippen LogP contribution in [0.4, 0.5) is 0 Å². The van der Waals surface area contributed by atoms with Crippen molar-refractivity contribution in [2.24, 2.45) is 0 Å². The van der Waals surface area contributed by atoms with E-state index >= 15 is 0 Å². The van der Waals surface area contributed by atoms with Gasteiger partial charge in [-0.1, -0.05) is 77.4 Å². The van der Waals surface area contributed by atoms with Gasteiger partial charge in [-0.25, -0.2) is 0 Å². The Balaban J connectivity index is 1.29. The Labute approximate surface area is 271 Å². The summed E-state index contributed by atoms with van der Waals surface area (Å²) in [5.74, 6) is 1.21. The van der Waals surface area contributed by atoms with Gasteiger partial charge >= 0.3 is 18.0 Å². The Bertz CT molecular complexity index is 1940. The standard InChI is InChI=1S/C35H33ClN6O4/c1-34(2,3)21-7-12-24(13-8-21)44-31-37-32(45-25-14-9-22(10-15-25)35(4,5)6)39-33(38-31)46-26-16-18-29(30(43)20-26)42-40-27-17-11-23(36)19-28(27)41-42/h7-20,43H,1-6H3. The second-order valence-corrected chi connectivity index (χ2v) is 13.2. The van der Waals surface area contributed by atoms with Gasteiger partial charge in [0.15, 0.2) is 0 Å². The highest BCUT2D eigenvalue weighted by Crippen LogP contribution is 2.33. The van der Waals surface area contributed by atoms with Crippen LogP contribution < -0.4 is 14.2 Å². The zero-order chi connectivity index (χ0) is 32.6. The first-order valence-electron chi connectivity index (χ1n) is 14.7. The minimum Gasteiger partial charge on any atom is -0.505 e. The predicted octanol–water partition coefficient (Wildman–Crippen LogP) is 8.94. The summed E-state index contributed by atoms with van der Waals surface area (Å²) >= 11 is 6.08. The molecule has 0 amide bonds. The van der Waals surface area contributed by atoms with Gasteiger partial charge in [-0.2, -0.15) is 0 Å². The summed E-state index contributed by atoms with van der Waals surface area (Å²) < 4.78 is 18.0. The van der Waals surface area contributed by atoms with Crippen molar-refractivity contribution in [2.45, 2.75) is 52.4 Å². The van der Waals surface area contributed by atoms with E-state index in [1.165, 1.54) is 10.9 Å². The third-order valence-corrected chi connectivity index (χ3v) is 7.38. The summed E-state index contributed by atoms with van der Waals surface area (Å²) in [6, 6.07) is 25.1. The van der Waals surface area contributed by atoms with Crippen LogP contribution in [-0.4, -0.2) is 35.1 Å². The number of nitrogens with zero attached hydrogens (tertiary/aromatic N) is 6. The lowest BCUT2D eigenvalue weighted by molar-refractivity contribution is 0.361. The summed E-state index contributed by atoms with van der Waals surface area (Å²) in [4.78, 5) is 14.4. The van der Waals surface area contributed by atoms with Crippen LogP contribution in [0.15, 0.2) is 84.9 Å². The van der Waals surface area contributed by atoms with Gasteiger partial charge in [0.2, 0.25) is 0 Å². The SMILES string of the molecule is CC(C)(C)c1ccc(Oc2nc(Oc3ccc(C(C)(C)C)cc3)nc(Oc3ccc(-n4nc5ccc(Cl)cc5n4)c(O)c3)n2)cc1. The molecule has 0 aliphatic carbocycles. The monoisotopic (exact) mass is 636 g/mol. The Morgan fingerprint density at radius 3 is 1.50 bits per heavy atom. The van der Waals surface area contributed by atoms with E-state index in [0.29, 0.717) is 33.2 Å². The topological polar surface area (TPSA) is 117 Å². The first-order valence-corrected chi connectivity index (χ1v) is 15.0. The van der Waals surface area contributed by atoms with Crippen molar-refractivity contribution in [3.63, 3.8) is 0 Å². The van der Waals surface area contributed by atoms with Crippen LogP contribution in [0.3, 0.4) is 0 Å². The number of hydrogen-bond donors (Lipinski definition) is 1. The average molecular weight is 637 g/mol.